The second kappa shape index (κ2) is 8.71. The first-order valence-electron chi connectivity index (χ1n) is 10.8. The van der Waals surface area contributed by atoms with Gasteiger partial charge in [-0.05, 0) is 36.3 Å². The normalized spacial score (nSPS) is 25.8. The molecule has 31 heavy (non-hydrogen) atoms. The van der Waals surface area contributed by atoms with E-state index in [-0.39, 0.29) is 16.7 Å². The highest BCUT2D eigenvalue weighted by atomic mass is 28.4. The highest BCUT2D eigenvalue weighted by molar-refractivity contribution is 6.74. The molecule has 0 radical (unpaired) electrons. The van der Waals surface area contributed by atoms with Crippen LogP contribution in [0.25, 0.3) is 0 Å². The highest BCUT2D eigenvalue weighted by Gasteiger charge is 2.51. The zero-order valence-corrected chi connectivity index (χ0v) is 22.6. The molecule has 0 spiro atoms. The average Bonchev–Trinajstić information content (AvgIpc) is 2.87. The van der Waals surface area contributed by atoms with Crippen LogP contribution in [0.3, 0.4) is 0 Å². The van der Waals surface area contributed by atoms with Gasteiger partial charge in [-0.1, -0.05) is 41.5 Å². The van der Waals surface area contributed by atoms with E-state index in [1.54, 1.807) is 0 Å². The van der Waals surface area contributed by atoms with E-state index in [2.05, 4.69) is 72.7 Å². The summed E-state index contributed by atoms with van der Waals surface area (Å²) in [5.41, 5.74) is -1.08. The minimum atomic E-state index is -2.29. The first-order valence-corrected chi connectivity index (χ1v) is 16.7. The predicted molar refractivity (Wildman–Crippen MR) is 126 cm³/mol. The Labute approximate surface area is 187 Å². The largest absolute Gasteiger partial charge is 0.414 e. The fraction of sp³-hybridized carbons (Fsp3) is 0.810. The molecule has 1 fully saturated rings. The van der Waals surface area contributed by atoms with Gasteiger partial charge < -0.3 is 18.7 Å². The molecule has 4 atom stereocenters. The summed E-state index contributed by atoms with van der Waals surface area (Å²) in [5, 5.41) is 11.1. The van der Waals surface area contributed by atoms with Crippen molar-refractivity contribution >= 4 is 16.6 Å². The van der Waals surface area contributed by atoms with Gasteiger partial charge in [0.05, 0.1) is 6.61 Å². The van der Waals surface area contributed by atoms with Gasteiger partial charge in [0, 0.05) is 12.3 Å². The molecule has 1 aromatic rings. The molecular formula is C21H40N2O6Si2. The molecule has 0 aliphatic carbocycles. The number of aromatic amines is 1. The molecule has 1 aliphatic rings. The van der Waals surface area contributed by atoms with Gasteiger partial charge >= 0.3 is 5.69 Å². The van der Waals surface area contributed by atoms with Crippen molar-refractivity contribution < 1.29 is 18.7 Å². The summed E-state index contributed by atoms with van der Waals surface area (Å²) in [5.74, 6) is 0. The van der Waals surface area contributed by atoms with E-state index in [0.717, 1.165) is 0 Å². The van der Waals surface area contributed by atoms with Crippen molar-refractivity contribution in [2.24, 2.45) is 0 Å². The van der Waals surface area contributed by atoms with Crippen LogP contribution in [-0.4, -0.2) is 56.2 Å². The monoisotopic (exact) mass is 472 g/mol. The third-order valence-corrected chi connectivity index (χ3v) is 16.1. The number of aromatic nitrogens is 2. The summed E-state index contributed by atoms with van der Waals surface area (Å²) in [6.07, 6.45) is -1.84. The number of aliphatic hydroxyl groups excluding tert-OH is 1. The maximum atomic E-state index is 12.5. The van der Waals surface area contributed by atoms with E-state index >= 15 is 0 Å². The molecular weight excluding hydrogens is 432 g/mol. The van der Waals surface area contributed by atoms with Gasteiger partial charge in [-0.15, -0.1) is 0 Å². The van der Waals surface area contributed by atoms with Gasteiger partial charge in [-0.25, -0.2) is 4.79 Å². The van der Waals surface area contributed by atoms with Crippen molar-refractivity contribution in [1.29, 1.82) is 0 Å². The first-order chi connectivity index (χ1) is 13.9. The minimum absolute atomic E-state index is 0.0167. The Kier molecular flexibility index (Phi) is 7.37. The molecule has 178 valence electrons. The van der Waals surface area contributed by atoms with Crippen LogP contribution in [0, 0.1) is 0 Å². The molecule has 2 unspecified atom stereocenters. The summed E-state index contributed by atoms with van der Waals surface area (Å²) < 4.78 is 20.2. The van der Waals surface area contributed by atoms with Gasteiger partial charge in [0.15, 0.2) is 22.9 Å². The van der Waals surface area contributed by atoms with Gasteiger partial charge in [0.25, 0.3) is 5.56 Å². The van der Waals surface area contributed by atoms with E-state index in [1.807, 2.05) is 0 Å². The lowest BCUT2D eigenvalue weighted by Gasteiger charge is -2.40. The maximum Gasteiger partial charge on any atom is 0.330 e. The van der Waals surface area contributed by atoms with Crippen LogP contribution < -0.4 is 11.2 Å². The maximum absolute atomic E-state index is 12.5. The zero-order valence-electron chi connectivity index (χ0n) is 20.6. The summed E-state index contributed by atoms with van der Waals surface area (Å²) in [4.78, 5) is 26.3. The zero-order chi connectivity index (χ0) is 24.0. The summed E-state index contributed by atoms with van der Waals surface area (Å²) in [6, 6.07) is 1.26. The van der Waals surface area contributed by atoms with Gasteiger partial charge in [0.1, 0.15) is 18.3 Å². The molecule has 1 aliphatic heterocycles. The lowest BCUT2D eigenvalue weighted by molar-refractivity contribution is -0.0514. The summed E-state index contributed by atoms with van der Waals surface area (Å²) in [7, 11) is -4.35. The number of H-pyrrole nitrogens is 1. The Morgan fingerprint density at radius 3 is 2.10 bits per heavy atom. The number of aliphatic hydroxyl groups is 1. The Balaban J connectivity index is 2.37. The minimum Gasteiger partial charge on any atom is -0.414 e. The summed E-state index contributed by atoms with van der Waals surface area (Å²) >= 11 is 0. The fourth-order valence-electron chi connectivity index (χ4n) is 2.86. The Bertz CT molecular complexity index is 881. The molecule has 1 aromatic heterocycles. The molecule has 0 amide bonds. The quantitative estimate of drug-likeness (QED) is 0.616. The number of nitrogens with one attached hydrogen (secondary N) is 1. The number of rotatable bonds is 6. The van der Waals surface area contributed by atoms with Crippen molar-refractivity contribution in [2.75, 3.05) is 6.61 Å². The van der Waals surface area contributed by atoms with Crippen LogP contribution in [-0.2, 0) is 13.6 Å². The van der Waals surface area contributed by atoms with Crippen LogP contribution >= 0.6 is 0 Å². The van der Waals surface area contributed by atoms with Crippen LogP contribution in [0.15, 0.2) is 21.9 Å². The van der Waals surface area contributed by atoms with Gasteiger partial charge in [-0.2, -0.15) is 0 Å². The van der Waals surface area contributed by atoms with Crippen LogP contribution in [0.1, 0.15) is 47.8 Å². The van der Waals surface area contributed by atoms with Crippen LogP contribution in [0.2, 0.25) is 36.3 Å². The van der Waals surface area contributed by atoms with E-state index in [4.69, 9.17) is 13.6 Å². The van der Waals surface area contributed by atoms with E-state index in [1.165, 1.54) is 16.8 Å². The Morgan fingerprint density at radius 1 is 1.06 bits per heavy atom. The third-order valence-electron chi connectivity index (χ3n) is 7.09. The van der Waals surface area contributed by atoms with Crippen molar-refractivity contribution in [1.82, 2.24) is 9.55 Å². The molecule has 0 aromatic carbocycles. The SMILES string of the molecule is CC(C)(C)[Si](C)(C)OC[C@@H]1O[C@H](n2ccc(=O)[nH]c2=O)C(O[Si](C)(C)C(C)(C)C)C1O. The van der Waals surface area contributed by atoms with Crippen LogP contribution in [0.4, 0.5) is 0 Å². The molecule has 2 N–H and O–H groups in total. The van der Waals surface area contributed by atoms with E-state index in [9.17, 15) is 14.7 Å². The molecule has 10 heteroatoms. The van der Waals surface area contributed by atoms with Crippen molar-refractivity contribution in [3.8, 4) is 0 Å². The molecule has 1 saturated heterocycles. The lowest BCUT2D eigenvalue weighted by Crippen LogP contribution is -2.50. The van der Waals surface area contributed by atoms with E-state index in [0.29, 0.717) is 0 Å². The van der Waals surface area contributed by atoms with Crippen LogP contribution in [0.5, 0.6) is 0 Å². The second-order valence-corrected chi connectivity index (χ2v) is 21.1. The third kappa shape index (κ3) is 5.66. The van der Waals surface area contributed by atoms with Gasteiger partial charge in [0.2, 0.25) is 0 Å². The average molecular weight is 473 g/mol. The topological polar surface area (TPSA) is 103 Å². The second-order valence-electron chi connectivity index (χ2n) is 11.5. The van der Waals surface area contributed by atoms with Crippen molar-refractivity contribution in [3.05, 3.63) is 33.1 Å². The number of hydrogen-bond acceptors (Lipinski definition) is 6. The highest BCUT2D eigenvalue weighted by Crippen LogP contribution is 2.42. The summed E-state index contributed by atoms with van der Waals surface area (Å²) in [6.45, 7) is 21.5. The Morgan fingerprint density at radius 2 is 1.61 bits per heavy atom. The first kappa shape index (κ1) is 26.2. The fourth-order valence-corrected chi connectivity index (χ4v) is 5.16. The molecule has 8 nitrogen and oxygen atoms in total. The Hall–Kier alpha value is -1.05. The molecule has 2 rings (SSSR count). The predicted octanol–water partition coefficient (Wildman–Crippen LogP) is 3.21. The lowest BCUT2D eigenvalue weighted by atomic mass is 10.1. The standard InChI is InChI=1S/C21H40N2O6Si2/c1-20(2,3)30(7,8)27-13-14-16(25)17(29-31(9,10)21(4,5)6)18(28-14)23-12-11-15(24)22-19(23)26/h11-12,14,16-18,25H,13H2,1-10H3,(H,22,24,26)/t14-,16?,17?,18-/m0/s1. The number of ether oxygens (including phenoxy) is 1. The van der Waals surface area contributed by atoms with Crippen molar-refractivity contribution in [2.45, 2.75) is 102 Å². The molecule has 2 heterocycles. The van der Waals surface area contributed by atoms with Crippen molar-refractivity contribution in [3.63, 3.8) is 0 Å². The molecule has 0 saturated carbocycles. The van der Waals surface area contributed by atoms with Gasteiger partial charge in [-0.3, -0.25) is 14.3 Å². The smallest absolute Gasteiger partial charge is 0.330 e. The molecule has 0 bridgehead atoms. The number of nitrogens with zero attached hydrogens (tertiary/aromatic N) is 1. The van der Waals surface area contributed by atoms with E-state index < -0.39 is 52.4 Å². The number of hydrogen-bond donors (Lipinski definition) is 2.